The van der Waals surface area contributed by atoms with Crippen LogP contribution in [0.1, 0.15) is 29.3 Å². The molecule has 29 heavy (non-hydrogen) atoms. The standard InChI is InChI=1S/C24H32N2O3/c1-5-24(25(2)3,18-19-7-6-8-22(17-19)28-4)23(27)20-9-11-21(12-10-20)26-13-15-29-16-14-26/h6-12,17H,5,13-16,18H2,1-4H3. The summed E-state index contributed by atoms with van der Waals surface area (Å²) in [6.45, 7) is 5.36. The molecule has 0 bridgehead atoms. The molecule has 0 spiro atoms. The van der Waals surface area contributed by atoms with Crippen molar-refractivity contribution in [2.75, 3.05) is 52.4 Å². The van der Waals surface area contributed by atoms with Crippen molar-refractivity contribution in [3.63, 3.8) is 0 Å². The molecule has 1 heterocycles. The van der Waals surface area contributed by atoms with Gasteiger partial charge in [-0.3, -0.25) is 9.69 Å². The van der Waals surface area contributed by atoms with Crippen LogP contribution in [0.25, 0.3) is 0 Å². The smallest absolute Gasteiger partial charge is 0.183 e. The number of benzene rings is 2. The minimum absolute atomic E-state index is 0.154. The zero-order chi connectivity index (χ0) is 20.9. The van der Waals surface area contributed by atoms with Gasteiger partial charge >= 0.3 is 0 Å². The van der Waals surface area contributed by atoms with Gasteiger partial charge in [0.05, 0.1) is 25.9 Å². The third kappa shape index (κ3) is 4.62. The van der Waals surface area contributed by atoms with Crippen molar-refractivity contribution in [2.24, 2.45) is 0 Å². The highest BCUT2D eigenvalue weighted by atomic mass is 16.5. The molecule has 0 aromatic heterocycles. The number of carbonyl (C=O) groups is 1. The number of Topliss-reactive ketones (excluding diaryl/α,β-unsaturated/α-hetero) is 1. The Balaban J connectivity index is 1.86. The van der Waals surface area contributed by atoms with Crippen molar-refractivity contribution in [1.29, 1.82) is 0 Å². The quantitative estimate of drug-likeness (QED) is 0.637. The number of anilines is 1. The van der Waals surface area contributed by atoms with Crippen molar-refractivity contribution in [2.45, 2.75) is 25.3 Å². The third-order valence-electron chi connectivity index (χ3n) is 6.00. The van der Waals surface area contributed by atoms with Crippen LogP contribution in [-0.4, -0.2) is 63.7 Å². The maximum absolute atomic E-state index is 13.7. The highest BCUT2D eigenvalue weighted by Crippen LogP contribution is 2.30. The highest BCUT2D eigenvalue weighted by molar-refractivity contribution is 6.03. The molecule has 1 saturated heterocycles. The summed E-state index contributed by atoms with van der Waals surface area (Å²) in [5, 5.41) is 0. The number of carbonyl (C=O) groups excluding carboxylic acids is 1. The first-order chi connectivity index (χ1) is 14.0. The van der Waals surface area contributed by atoms with E-state index in [1.165, 1.54) is 0 Å². The van der Waals surface area contributed by atoms with E-state index in [-0.39, 0.29) is 5.78 Å². The summed E-state index contributed by atoms with van der Waals surface area (Å²) in [6, 6.07) is 16.0. The number of hydrogen-bond donors (Lipinski definition) is 0. The van der Waals surface area contributed by atoms with Crippen LogP contribution in [0.4, 0.5) is 5.69 Å². The SMILES string of the molecule is CCC(Cc1cccc(OC)c1)(C(=O)c1ccc(N2CCOCC2)cc1)N(C)C. The molecule has 5 heteroatoms. The van der Waals surface area contributed by atoms with Crippen LogP contribution in [0.3, 0.4) is 0 Å². The van der Waals surface area contributed by atoms with Crippen molar-refractivity contribution in [3.8, 4) is 5.75 Å². The molecule has 1 unspecified atom stereocenters. The largest absolute Gasteiger partial charge is 0.497 e. The first kappa shape index (κ1) is 21.3. The van der Waals surface area contributed by atoms with Gasteiger partial charge in [0.1, 0.15) is 5.75 Å². The van der Waals surface area contributed by atoms with Crippen LogP contribution in [-0.2, 0) is 11.2 Å². The first-order valence-electron chi connectivity index (χ1n) is 10.3. The van der Waals surface area contributed by atoms with E-state index < -0.39 is 5.54 Å². The van der Waals surface area contributed by atoms with E-state index in [1.54, 1.807) is 7.11 Å². The molecule has 0 N–H and O–H groups in total. The Morgan fingerprint density at radius 2 is 1.83 bits per heavy atom. The van der Waals surface area contributed by atoms with E-state index in [0.29, 0.717) is 6.42 Å². The van der Waals surface area contributed by atoms with Crippen LogP contribution in [0.15, 0.2) is 48.5 Å². The van der Waals surface area contributed by atoms with Crippen molar-refractivity contribution in [1.82, 2.24) is 4.90 Å². The number of methoxy groups -OCH3 is 1. The molecule has 1 atom stereocenters. The lowest BCUT2D eigenvalue weighted by Crippen LogP contribution is -2.52. The van der Waals surface area contributed by atoms with Crippen LogP contribution < -0.4 is 9.64 Å². The van der Waals surface area contributed by atoms with Gasteiger partial charge in [0.15, 0.2) is 5.78 Å². The number of hydrogen-bond acceptors (Lipinski definition) is 5. The fraction of sp³-hybridized carbons (Fsp3) is 0.458. The molecule has 0 aliphatic carbocycles. The summed E-state index contributed by atoms with van der Waals surface area (Å²) in [5.74, 6) is 0.968. The number of nitrogens with zero attached hydrogens (tertiary/aromatic N) is 2. The molecule has 0 saturated carbocycles. The zero-order valence-electron chi connectivity index (χ0n) is 18.0. The van der Waals surface area contributed by atoms with Gasteiger partial charge in [0.25, 0.3) is 0 Å². The van der Waals surface area contributed by atoms with Gasteiger partial charge in [-0.2, -0.15) is 0 Å². The molecule has 2 aromatic rings. The molecule has 156 valence electrons. The van der Waals surface area contributed by atoms with E-state index in [1.807, 2.05) is 44.4 Å². The second-order valence-electron chi connectivity index (χ2n) is 7.78. The van der Waals surface area contributed by atoms with Gasteiger partial charge in [0, 0.05) is 24.3 Å². The highest BCUT2D eigenvalue weighted by Gasteiger charge is 2.39. The van der Waals surface area contributed by atoms with E-state index in [9.17, 15) is 4.79 Å². The topological polar surface area (TPSA) is 42.0 Å². The molecular weight excluding hydrogens is 364 g/mol. The van der Waals surface area contributed by atoms with Crippen molar-refractivity contribution >= 4 is 11.5 Å². The van der Waals surface area contributed by atoms with Gasteiger partial charge in [-0.15, -0.1) is 0 Å². The van der Waals surface area contributed by atoms with Gasteiger partial charge in [-0.05, 0) is 68.9 Å². The predicted octanol–water partition coefficient (Wildman–Crippen LogP) is 3.67. The van der Waals surface area contributed by atoms with Gasteiger partial charge in [-0.25, -0.2) is 0 Å². The van der Waals surface area contributed by atoms with Crippen molar-refractivity contribution < 1.29 is 14.3 Å². The number of likely N-dealkylation sites (N-methyl/N-ethyl adjacent to an activating group) is 1. The first-order valence-corrected chi connectivity index (χ1v) is 10.3. The summed E-state index contributed by atoms with van der Waals surface area (Å²) in [6.07, 6.45) is 1.36. The summed E-state index contributed by atoms with van der Waals surface area (Å²) >= 11 is 0. The van der Waals surface area contributed by atoms with E-state index in [0.717, 1.165) is 55.3 Å². The Labute approximate surface area is 174 Å². The second-order valence-corrected chi connectivity index (χ2v) is 7.78. The Kier molecular flexibility index (Phi) is 6.93. The molecule has 0 radical (unpaired) electrons. The Morgan fingerprint density at radius 1 is 1.14 bits per heavy atom. The molecule has 3 rings (SSSR count). The minimum atomic E-state index is -0.604. The number of rotatable bonds is 8. The number of morpholine rings is 1. The number of ketones is 1. The van der Waals surface area contributed by atoms with Crippen LogP contribution in [0, 0.1) is 0 Å². The monoisotopic (exact) mass is 396 g/mol. The third-order valence-corrected chi connectivity index (χ3v) is 6.00. The van der Waals surface area contributed by atoms with E-state index >= 15 is 0 Å². The molecule has 5 nitrogen and oxygen atoms in total. The summed E-state index contributed by atoms with van der Waals surface area (Å²) in [5.41, 5.74) is 2.38. The average molecular weight is 397 g/mol. The number of ether oxygens (including phenoxy) is 2. The van der Waals surface area contributed by atoms with Gasteiger partial charge in [0.2, 0.25) is 0 Å². The summed E-state index contributed by atoms with van der Waals surface area (Å²) in [7, 11) is 5.65. The van der Waals surface area contributed by atoms with Gasteiger partial charge in [-0.1, -0.05) is 19.1 Å². The molecular formula is C24H32N2O3. The van der Waals surface area contributed by atoms with Crippen LogP contribution in [0.5, 0.6) is 5.75 Å². The predicted molar refractivity (Wildman–Crippen MR) is 117 cm³/mol. The fourth-order valence-corrected chi connectivity index (χ4v) is 4.08. The normalized spacial score (nSPS) is 16.5. The lowest BCUT2D eigenvalue weighted by Gasteiger charge is -2.38. The summed E-state index contributed by atoms with van der Waals surface area (Å²) < 4.78 is 10.8. The Hall–Kier alpha value is -2.37. The average Bonchev–Trinajstić information content (AvgIpc) is 2.77. The summed E-state index contributed by atoms with van der Waals surface area (Å²) in [4.78, 5) is 18.0. The van der Waals surface area contributed by atoms with Crippen LogP contribution in [0.2, 0.25) is 0 Å². The Bertz CT molecular complexity index is 813. The van der Waals surface area contributed by atoms with Crippen molar-refractivity contribution in [3.05, 3.63) is 59.7 Å². The van der Waals surface area contributed by atoms with E-state index in [4.69, 9.17) is 9.47 Å². The molecule has 1 aliphatic heterocycles. The lowest BCUT2D eigenvalue weighted by atomic mass is 9.80. The van der Waals surface area contributed by atoms with E-state index in [2.05, 4.69) is 34.9 Å². The zero-order valence-corrected chi connectivity index (χ0v) is 18.0. The lowest BCUT2D eigenvalue weighted by molar-refractivity contribution is 0.0666. The molecule has 1 fully saturated rings. The van der Waals surface area contributed by atoms with Crippen LogP contribution >= 0.6 is 0 Å². The molecule has 0 amide bonds. The maximum Gasteiger partial charge on any atom is 0.183 e. The fourth-order valence-electron chi connectivity index (χ4n) is 4.08. The van der Waals surface area contributed by atoms with Gasteiger partial charge < -0.3 is 14.4 Å². The minimum Gasteiger partial charge on any atom is -0.497 e. The Morgan fingerprint density at radius 3 is 2.41 bits per heavy atom. The maximum atomic E-state index is 13.7. The molecule has 1 aliphatic rings. The second kappa shape index (κ2) is 9.42. The molecule has 2 aromatic carbocycles.